The summed E-state index contributed by atoms with van der Waals surface area (Å²) in [6.07, 6.45) is 4.30. The minimum absolute atomic E-state index is 0.316. The number of carbonyl (C=O) groups excluding carboxylic acids is 1. The number of nitrogens with one attached hydrogen (secondary N) is 1. The molecule has 0 radical (unpaired) electrons. The fraction of sp³-hybridized carbons (Fsp3) is 0.583. The van der Waals surface area contributed by atoms with Crippen molar-refractivity contribution in [2.24, 2.45) is 5.92 Å². The van der Waals surface area contributed by atoms with Gasteiger partial charge in [-0.25, -0.2) is 4.79 Å². The Bertz CT molecular complexity index is 446. The quantitative estimate of drug-likeness (QED) is 0.877. The van der Waals surface area contributed by atoms with E-state index in [1.807, 2.05) is 6.92 Å². The highest BCUT2D eigenvalue weighted by molar-refractivity contribution is 7.11. The molecule has 0 spiro atoms. The van der Waals surface area contributed by atoms with Gasteiger partial charge in [-0.1, -0.05) is 19.8 Å². The van der Waals surface area contributed by atoms with Crippen molar-refractivity contribution >= 4 is 23.2 Å². The SMILES string of the molecule is CC1CCCC(NC(=O)c2cncs2)(C(=O)O)C1. The summed E-state index contributed by atoms with van der Waals surface area (Å²) in [4.78, 5) is 27.8. The van der Waals surface area contributed by atoms with Crippen molar-refractivity contribution in [2.45, 2.75) is 38.1 Å². The lowest BCUT2D eigenvalue weighted by atomic mass is 9.76. The maximum absolute atomic E-state index is 12.0. The van der Waals surface area contributed by atoms with E-state index in [0.717, 1.165) is 12.8 Å². The molecule has 5 nitrogen and oxygen atoms in total. The number of carbonyl (C=O) groups is 2. The van der Waals surface area contributed by atoms with Crippen molar-refractivity contribution < 1.29 is 14.7 Å². The van der Waals surface area contributed by atoms with Gasteiger partial charge in [0.25, 0.3) is 5.91 Å². The predicted octanol–water partition coefficient (Wildman–Crippen LogP) is 1.91. The number of aromatic nitrogens is 1. The van der Waals surface area contributed by atoms with Gasteiger partial charge in [-0.3, -0.25) is 9.78 Å². The molecule has 0 aliphatic heterocycles. The summed E-state index contributed by atoms with van der Waals surface area (Å²) in [6, 6.07) is 0. The highest BCUT2D eigenvalue weighted by atomic mass is 32.1. The van der Waals surface area contributed by atoms with E-state index in [2.05, 4.69) is 10.3 Å². The molecule has 1 aromatic rings. The van der Waals surface area contributed by atoms with E-state index in [1.54, 1.807) is 5.51 Å². The Morgan fingerprint density at radius 1 is 1.61 bits per heavy atom. The normalized spacial score (nSPS) is 27.7. The van der Waals surface area contributed by atoms with Crippen LogP contribution in [0.4, 0.5) is 0 Å². The van der Waals surface area contributed by atoms with Crippen LogP contribution >= 0.6 is 11.3 Å². The van der Waals surface area contributed by atoms with Gasteiger partial charge in [-0.2, -0.15) is 0 Å². The molecule has 2 N–H and O–H groups in total. The van der Waals surface area contributed by atoms with Crippen LogP contribution in [0.5, 0.6) is 0 Å². The number of rotatable bonds is 3. The van der Waals surface area contributed by atoms with Crippen LogP contribution < -0.4 is 5.32 Å². The highest BCUT2D eigenvalue weighted by Gasteiger charge is 2.43. The molecule has 1 fully saturated rings. The Hall–Kier alpha value is -1.43. The molecular weight excluding hydrogens is 252 g/mol. The fourth-order valence-corrected chi connectivity index (χ4v) is 3.03. The van der Waals surface area contributed by atoms with Crippen LogP contribution in [0.2, 0.25) is 0 Å². The van der Waals surface area contributed by atoms with E-state index < -0.39 is 11.5 Å². The molecule has 0 saturated heterocycles. The molecule has 2 rings (SSSR count). The number of carboxylic acid groups (broad SMARTS) is 1. The van der Waals surface area contributed by atoms with Crippen LogP contribution in [0.25, 0.3) is 0 Å². The van der Waals surface area contributed by atoms with Gasteiger partial charge in [0.1, 0.15) is 10.4 Å². The monoisotopic (exact) mass is 268 g/mol. The number of aliphatic carboxylic acids is 1. The first-order valence-corrected chi connectivity index (χ1v) is 6.86. The highest BCUT2D eigenvalue weighted by Crippen LogP contribution is 2.33. The maximum atomic E-state index is 12.0. The third kappa shape index (κ3) is 2.53. The number of hydrogen-bond acceptors (Lipinski definition) is 4. The van der Waals surface area contributed by atoms with Gasteiger partial charge in [0.15, 0.2) is 0 Å². The topological polar surface area (TPSA) is 79.3 Å². The van der Waals surface area contributed by atoms with E-state index in [1.165, 1.54) is 17.5 Å². The summed E-state index contributed by atoms with van der Waals surface area (Å²) < 4.78 is 0. The van der Waals surface area contributed by atoms with Crippen molar-refractivity contribution in [2.75, 3.05) is 0 Å². The van der Waals surface area contributed by atoms with Gasteiger partial charge in [0.05, 0.1) is 11.7 Å². The van der Waals surface area contributed by atoms with Crippen molar-refractivity contribution in [3.05, 3.63) is 16.6 Å². The van der Waals surface area contributed by atoms with Gasteiger partial charge in [0, 0.05) is 0 Å². The zero-order valence-corrected chi connectivity index (χ0v) is 11.0. The Kier molecular flexibility index (Phi) is 3.65. The van der Waals surface area contributed by atoms with Crippen LogP contribution in [0.3, 0.4) is 0 Å². The van der Waals surface area contributed by atoms with E-state index in [0.29, 0.717) is 23.6 Å². The van der Waals surface area contributed by atoms with Gasteiger partial charge < -0.3 is 10.4 Å². The summed E-state index contributed by atoms with van der Waals surface area (Å²) in [5.41, 5.74) is 0.449. The van der Waals surface area contributed by atoms with Gasteiger partial charge in [0.2, 0.25) is 0 Å². The zero-order valence-electron chi connectivity index (χ0n) is 10.2. The molecule has 0 bridgehead atoms. The summed E-state index contributed by atoms with van der Waals surface area (Å²) in [6.45, 7) is 2.02. The number of thiazole rings is 1. The van der Waals surface area contributed by atoms with Crippen LogP contribution in [0.15, 0.2) is 11.7 Å². The molecule has 6 heteroatoms. The first kappa shape index (κ1) is 13.0. The Labute approximate surface area is 109 Å². The molecule has 98 valence electrons. The number of amides is 1. The third-order valence-corrected chi connectivity index (χ3v) is 4.19. The summed E-state index contributed by atoms with van der Waals surface area (Å²) in [5.74, 6) is -0.961. The molecular formula is C12H16N2O3S. The first-order chi connectivity index (χ1) is 8.53. The van der Waals surface area contributed by atoms with Crippen molar-refractivity contribution in [1.82, 2.24) is 10.3 Å². The molecule has 1 saturated carbocycles. The third-order valence-electron chi connectivity index (χ3n) is 3.42. The Balaban J connectivity index is 2.16. The summed E-state index contributed by atoms with van der Waals surface area (Å²) >= 11 is 1.21. The van der Waals surface area contributed by atoms with Crippen molar-refractivity contribution in [1.29, 1.82) is 0 Å². The Morgan fingerprint density at radius 3 is 2.94 bits per heavy atom. The van der Waals surface area contributed by atoms with E-state index in [-0.39, 0.29) is 5.91 Å². The fourth-order valence-electron chi connectivity index (χ4n) is 2.52. The van der Waals surface area contributed by atoms with E-state index in [9.17, 15) is 14.7 Å². The average Bonchev–Trinajstić information content (AvgIpc) is 2.82. The lowest BCUT2D eigenvalue weighted by molar-refractivity contribution is -0.146. The summed E-state index contributed by atoms with van der Waals surface area (Å²) in [5, 5.41) is 12.1. The molecule has 2 atom stereocenters. The second-order valence-electron chi connectivity index (χ2n) is 4.91. The van der Waals surface area contributed by atoms with Crippen molar-refractivity contribution in [3.8, 4) is 0 Å². The standard InChI is InChI=1S/C12H16N2O3S/c1-8-3-2-4-12(5-8,11(16)17)14-10(15)9-6-13-7-18-9/h6-8H,2-5H2,1H3,(H,14,15)(H,16,17). The minimum Gasteiger partial charge on any atom is -0.480 e. The molecule has 1 heterocycles. The van der Waals surface area contributed by atoms with Gasteiger partial charge in [-0.05, 0) is 18.8 Å². The van der Waals surface area contributed by atoms with Crippen molar-refractivity contribution in [3.63, 3.8) is 0 Å². The van der Waals surface area contributed by atoms with Crippen LogP contribution in [-0.2, 0) is 4.79 Å². The van der Waals surface area contributed by atoms with Crippen LogP contribution in [-0.4, -0.2) is 27.5 Å². The number of hydrogen-bond donors (Lipinski definition) is 2. The molecule has 1 aromatic heterocycles. The zero-order chi connectivity index (χ0) is 13.2. The smallest absolute Gasteiger partial charge is 0.329 e. The average molecular weight is 268 g/mol. The lowest BCUT2D eigenvalue weighted by Crippen LogP contribution is -2.56. The molecule has 1 aliphatic carbocycles. The van der Waals surface area contributed by atoms with Gasteiger partial charge >= 0.3 is 5.97 Å². The molecule has 0 aromatic carbocycles. The summed E-state index contributed by atoms with van der Waals surface area (Å²) in [7, 11) is 0. The number of carboxylic acids is 1. The maximum Gasteiger partial charge on any atom is 0.329 e. The second kappa shape index (κ2) is 5.06. The largest absolute Gasteiger partial charge is 0.480 e. The number of nitrogens with zero attached hydrogens (tertiary/aromatic N) is 1. The molecule has 18 heavy (non-hydrogen) atoms. The van der Waals surface area contributed by atoms with E-state index >= 15 is 0 Å². The predicted molar refractivity (Wildman–Crippen MR) is 67.6 cm³/mol. The van der Waals surface area contributed by atoms with Crippen LogP contribution in [0.1, 0.15) is 42.3 Å². The second-order valence-corrected chi connectivity index (χ2v) is 5.79. The minimum atomic E-state index is -1.11. The Morgan fingerprint density at radius 2 is 2.39 bits per heavy atom. The first-order valence-electron chi connectivity index (χ1n) is 5.98. The van der Waals surface area contributed by atoms with Crippen LogP contribution in [0, 0.1) is 5.92 Å². The van der Waals surface area contributed by atoms with Gasteiger partial charge in [-0.15, -0.1) is 11.3 Å². The molecule has 2 unspecified atom stereocenters. The molecule has 1 amide bonds. The van der Waals surface area contributed by atoms with E-state index in [4.69, 9.17) is 0 Å². The molecule has 1 aliphatic rings. The lowest BCUT2D eigenvalue weighted by Gasteiger charge is -2.36.